The number of esters is 2. The van der Waals surface area contributed by atoms with Crippen LogP contribution in [0, 0.1) is 5.41 Å². The lowest BCUT2D eigenvalue weighted by Crippen LogP contribution is -2.38. The average Bonchev–Trinajstić information content (AvgIpc) is 2.34. The van der Waals surface area contributed by atoms with Crippen molar-refractivity contribution in [1.82, 2.24) is 0 Å². The van der Waals surface area contributed by atoms with Crippen molar-refractivity contribution in [2.24, 2.45) is 5.41 Å². The first-order chi connectivity index (χ1) is 8.67. The molecular weight excluding hydrogens is 260 g/mol. The molecule has 0 aromatic rings. The van der Waals surface area contributed by atoms with Gasteiger partial charge in [-0.25, -0.2) is 0 Å². The molecule has 0 aromatic carbocycles. The fourth-order valence-electron chi connectivity index (χ4n) is 1.41. The standard InChI is InChI=1S/C14H24O4Si/c1-14(12(15)17-2,13(16)18-3)10-8-7-9-11-19(4,5)6/h8-9H,10-11H2,1-6H3. The average molecular weight is 284 g/mol. The fraction of sp³-hybridized carbons (Fsp3) is 0.643. The summed E-state index contributed by atoms with van der Waals surface area (Å²) in [5.41, 5.74) is 1.72. The molecule has 0 N–H and O–H groups in total. The van der Waals surface area contributed by atoms with Crippen LogP contribution in [0.4, 0.5) is 0 Å². The van der Waals surface area contributed by atoms with Gasteiger partial charge in [-0.15, -0.1) is 5.73 Å². The van der Waals surface area contributed by atoms with E-state index < -0.39 is 25.4 Å². The Kier molecular flexibility index (Phi) is 6.80. The summed E-state index contributed by atoms with van der Waals surface area (Å²) in [6.07, 6.45) is 3.86. The summed E-state index contributed by atoms with van der Waals surface area (Å²) in [4.78, 5) is 23.4. The molecule has 0 aromatic heterocycles. The Hall–Kier alpha value is -1.32. The molecule has 5 heteroatoms. The minimum Gasteiger partial charge on any atom is -0.468 e. The molecular formula is C14H24O4Si. The van der Waals surface area contributed by atoms with Gasteiger partial charge in [0.1, 0.15) is 0 Å². The number of methoxy groups -OCH3 is 2. The van der Waals surface area contributed by atoms with E-state index in [0.29, 0.717) is 0 Å². The number of rotatable bonds is 6. The quantitative estimate of drug-likeness (QED) is 0.326. The smallest absolute Gasteiger partial charge is 0.323 e. The van der Waals surface area contributed by atoms with Crippen LogP contribution in [-0.2, 0) is 19.1 Å². The van der Waals surface area contributed by atoms with Gasteiger partial charge in [0, 0.05) is 8.07 Å². The van der Waals surface area contributed by atoms with Gasteiger partial charge in [0.2, 0.25) is 0 Å². The summed E-state index contributed by atoms with van der Waals surface area (Å²) in [7, 11) is 1.38. The Morgan fingerprint density at radius 3 is 1.95 bits per heavy atom. The second-order valence-corrected chi connectivity index (χ2v) is 11.4. The summed E-state index contributed by atoms with van der Waals surface area (Å²) < 4.78 is 9.32. The third-order valence-corrected chi connectivity index (χ3v) is 4.16. The van der Waals surface area contributed by atoms with Crippen molar-refractivity contribution in [2.45, 2.75) is 39.0 Å². The third-order valence-electron chi connectivity index (χ3n) is 2.73. The number of ether oxygens (including phenoxy) is 2. The van der Waals surface area contributed by atoms with Gasteiger partial charge in [0.05, 0.1) is 14.2 Å². The lowest BCUT2D eigenvalue weighted by atomic mass is 9.87. The Bertz CT molecular complexity index is 371. The molecule has 0 unspecified atom stereocenters. The minimum atomic E-state index is -1.30. The van der Waals surface area contributed by atoms with Crippen LogP contribution in [0.15, 0.2) is 17.9 Å². The molecule has 0 saturated carbocycles. The maximum Gasteiger partial charge on any atom is 0.323 e. The summed E-state index contributed by atoms with van der Waals surface area (Å²) in [5, 5.41) is 0. The van der Waals surface area contributed by atoms with E-state index in [0.717, 1.165) is 6.04 Å². The second kappa shape index (κ2) is 7.31. The zero-order chi connectivity index (χ0) is 15.1. The first-order valence-electron chi connectivity index (χ1n) is 6.23. The fourth-order valence-corrected chi connectivity index (χ4v) is 2.14. The zero-order valence-corrected chi connectivity index (χ0v) is 13.7. The molecule has 0 atom stereocenters. The number of allylic oxidation sites excluding steroid dienone is 1. The first kappa shape index (κ1) is 17.7. The maximum absolute atomic E-state index is 11.7. The van der Waals surface area contributed by atoms with E-state index in [4.69, 9.17) is 0 Å². The van der Waals surface area contributed by atoms with Crippen LogP contribution in [0.1, 0.15) is 13.3 Å². The van der Waals surface area contributed by atoms with Gasteiger partial charge < -0.3 is 9.47 Å². The molecule has 0 heterocycles. The summed E-state index contributed by atoms with van der Waals surface area (Å²) in [6, 6.07) is 1.01. The highest BCUT2D eigenvalue weighted by Crippen LogP contribution is 2.25. The minimum absolute atomic E-state index is 0.217. The van der Waals surface area contributed by atoms with Gasteiger partial charge in [-0.1, -0.05) is 19.6 Å². The van der Waals surface area contributed by atoms with Gasteiger partial charge >= 0.3 is 11.9 Å². The van der Waals surface area contributed by atoms with Gasteiger partial charge in [-0.05, 0) is 31.5 Å². The molecule has 0 fully saturated rings. The van der Waals surface area contributed by atoms with Crippen molar-refractivity contribution in [1.29, 1.82) is 0 Å². The van der Waals surface area contributed by atoms with Crippen molar-refractivity contribution in [3.63, 3.8) is 0 Å². The van der Waals surface area contributed by atoms with Crippen LogP contribution in [0.2, 0.25) is 25.7 Å². The Morgan fingerprint density at radius 2 is 1.58 bits per heavy atom. The van der Waals surface area contributed by atoms with E-state index in [9.17, 15) is 9.59 Å². The largest absolute Gasteiger partial charge is 0.468 e. The highest BCUT2D eigenvalue weighted by molar-refractivity contribution is 6.76. The molecule has 0 aliphatic rings. The lowest BCUT2D eigenvalue weighted by Gasteiger charge is -2.21. The van der Waals surface area contributed by atoms with Crippen molar-refractivity contribution in [3.8, 4) is 0 Å². The van der Waals surface area contributed by atoms with Crippen LogP contribution < -0.4 is 0 Å². The predicted octanol–water partition coefficient (Wildman–Crippen LogP) is 2.78. The topological polar surface area (TPSA) is 52.6 Å². The highest BCUT2D eigenvalue weighted by atomic mass is 28.3. The number of hydrogen-bond donors (Lipinski definition) is 0. The van der Waals surface area contributed by atoms with E-state index >= 15 is 0 Å². The van der Waals surface area contributed by atoms with Crippen molar-refractivity contribution in [3.05, 3.63) is 17.9 Å². The third kappa shape index (κ3) is 5.90. The molecule has 0 aliphatic carbocycles. The molecule has 19 heavy (non-hydrogen) atoms. The van der Waals surface area contributed by atoms with Crippen molar-refractivity contribution < 1.29 is 19.1 Å². The molecule has 108 valence electrons. The molecule has 0 spiro atoms. The summed E-state index contributed by atoms with van der Waals surface area (Å²) in [6.45, 7) is 8.30. The number of hydrogen-bond acceptors (Lipinski definition) is 4. The molecule has 0 radical (unpaired) electrons. The van der Waals surface area contributed by atoms with E-state index in [1.165, 1.54) is 21.1 Å². The molecule has 0 bridgehead atoms. The van der Waals surface area contributed by atoms with E-state index in [1.807, 2.05) is 6.08 Å². The van der Waals surface area contributed by atoms with Gasteiger partial charge in [-0.3, -0.25) is 9.59 Å². The maximum atomic E-state index is 11.7. The van der Waals surface area contributed by atoms with Crippen LogP contribution in [-0.4, -0.2) is 34.2 Å². The molecule has 0 saturated heterocycles. The number of carbonyl (C=O) groups is 2. The number of carbonyl (C=O) groups excluding carboxylic acids is 2. The summed E-state index contributed by atoms with van der Waals surface area (Å²) >= 11 is 0. The normalized spacial score (nSPS) is 11.3. The van der Waals surface area contributed by atoms with Gasteiger partial charge in [0.15, 0.2) is 5.41 Å². The Balaban J connectivity index is 4.83. The van der Waals surface area contributed by atoms with E-state index in [2.05, 4.69) is 34.8 Å². The van der Waals surface area contributed by atoms with E-state index in [-0.39, 0.29) is 6.42 Å². The zero-order valence-electron chi connectivity index (χ0n) is 12.7. The van der Waals surface area contributed by atoms with Crippen LogP contribution in [0.5, 0.6) is 0 Å². The summed E-state index contributed by atoms with van der Waals surface area (Å²) in [5.74, 6) is -1.19. The SMILES string of the molecule is COC(=O)C(C)(CC=C=CC[Si](C)(C)C)C(=O)OC. The molecule has 0 rings (SSSR count). The monoisotopic (exact) mass is 284 g/mol. The van der Waals surface area contributed by atoms with Crippen LogP contribution in [0.25, 0.3) is 0 Å². The Morgan fingerprint density at radius 1 is 1.11 bits per heavy atom. The van der Waals surface area contributed by atoms with Crippen LogP contribution in [0.3, 0.4) is 0 Å². The predicted molar refractivity (Wildman–Crippen MR) is 77.6 cm³/mol. The van der Waals surface area contributed by atoms with Gasteiger partial charge in [-0.2, -0.15) is 0 Å². The van der Waals surface area contributed by atoms with Crippen LogP contribution >= 0.6 is 0 Å². The molecule has 0 aliphatic heterocycles. The van der Waals surface area contributed by atoms with Gasteiger partial charge in [0.25, 0.3) is 0 Å². The first-order valence-corrected chi connectivity index (χ1v) is 9.94. The van der Waals surface area contributed by atoms with Crippen molar-refractivity contribution >= 4 is 20.0 Å². The second-order valence-electron chi connectivity index (χ2n) is 5.86. The Labute approximate surface area is 116 Å². The van der Waals surface area contributed by atoms with Crippen molar-refractivity contribution in [2.75, 3.05) is 14.2 Å². The highest BCUT2D eigenvalue weighted by Gasteiger charge is 2.42. The van der Waals surface area contributed by atoms with E-state index in [1.54, 1.807) is 6.08 Å². The molecule has 4 nitrogen and oxygen atoms in total. The lowest BCUT2D eigenvalue weighted by molar-refractivity contribution is -0.167. The molecule has 0 amide bonds.